The van der Waals surface area contributed by atoms with E-state index < -0.39 is 0 Å². The largest absolute Gasteiger partial charge is 0.495 e. The van der Waals surface area contributed by atoms with Crippen LogP contribution in [0.25, 0.3) is 11.3 Å². The Bertz CT molecular complexity index is 1030. The molecule has 1 heterocycles. The average Bonchev–Trinajstić information content (AvgIpc) is 3.25. The molecule has 3 aromatic rings. The highest BCUT2D eigenvalue weighted by Crippen LogP contribution is 2.23. The Morgan fingerprint density at radius 2 is 1.87 bits per heavy atom. The Morgan fingerprint density at radius 1 is 1.13 bits per heavy atom. The zero-order chi connectivity index (χ0) is 22.2. The molecular weight excluding hydrogens is 394 g/mol. The van der Waals surface area contributed by atoms with E-state index in [0.717, 1.165) is 5.56 Å². The van der Waals surface area contributed by atoms with Crippen molar-refractivity contribution in [3.8, 4) is 17.1 Å². The van der Waals surface area contributed by atoms with Crippen LogP contribution >= 0.6 is 0 Å². The molecule has 0 spiro atoms. The molecule has 0 atom stereocenters. The van der Waals surface area contributed by atoms with Gasteiger partial charge in [0.15, 0.2) is 11.7 Å². The number of nitrogens with zero attached hydrogens (tertiary/aromatic N) is 2. The van der Waals surface area contributed by atoms with Gasteiger partial charge in [0.1, 0.15) is 5.75 Å². The smallest absolute Gasteiger partial charge is 0.244 e. The average molecular weight is 421 g/mol. The lowest BCUT2D eigenvalue weighted by molar-refractivity contribution is -0.134. The third-order valence-electron chi connectivity index (χ3n) is 4.89. The van der Waals surface area contributed by atoms with Crippen molar-refractivity contribution >= 4 is 17.5 Å². The number of aryl methyl sites for hydroxylation is 2. The number of oxazole rings is 1. The number of ether oxygens (including phenoxy) is 1. The van der Waals surface area contributed by atoms with E-state index >= 15 is 0 Å². The van der Waals surface area contributed by atoms with E-state index in [2.05, 4.69) is 10.3 Å². The van der Waals surface area contributed by atoms with Gasteiger partial charge in [-0.25, -0.2) is 4.98 Å². The first kappa shape index (κ1) is 22.1. The van der Waals surface area contributed by atoms with Crippen molar-refractivity contribution in [3.05, 3.63) is 66.2 Å². The lowest BCUT2D eigenvalue weighted by Gasteiger charge is -2.20. The van der Waals surface area contributed by atoms with E-state index in [9.17, 15) is 9.59 Å². The molecule has 1 aromatic heterocycles. The first-order chi connectivity index (χ1) is 15.0. The van der Waals surface area contributed by atoms with Gasteiger partial charge in [0.2, 0.25) is 11.8 Å². The molecule has 0 unspecified atom stereocenters. The summed E-state index contributed by atoms with van der Waals surface area (Å²) in [5.41, 5.74) is 2.68. The van der Waals surface area contributed by atoms with Crippen LogP contribution in [0.3, 0.4) is 0 Å². The van der Waals surface area contributed by atoms with Crippen LogP contribution in [0.1, 0.15) is 24.8 Å². The fourth-order valence-corrected chi connectivity index (χ4v) is 3.14. The van der Waals surface area contributed by atoms with Gasteiger partial charge in [-0.2, -0.15) is 0 Å². The molecule has 1 N–H and O–H groups in total. The molecule has 0 bridgehead atoms. The molecule has 7 heteroatoms. The van der Waals surface area contributed by atoms with Gasteiger partial charge < -0.3 is 19.4 Å². The van der Waals surface area contributed by atoms with Crippen molar-refractivity contribution in [2.45, 2.75) is 26.7 Å². The van der Waals surface area contributed by atoms with Gasteiger partial charge in [0, 0.05) is 24.9 Å². The lowest BCUT2D eigenvalue weighted by atomic mass is 10.1. The minimum atomic E-state index is -0.280. The number of carbonyl (C=O) groups is 2. The zero-order valence-electron chi connectivity index (χ0n) is 18.1. The molecule has 0 aliphatic carbocycles. The van der Waals surface area contributed by atoms with E-state index in [4.69, 9.17) is 9.15 Å². The predicted octanol–water partition coefficient (Wildman–Crippen LogP) is 4.08. The highest BCUT2D eigenvalue weighted by Gasteiger charge is 2.18. The summed E-state index contributed by atoms with van der Waals surface area (Å²) >= 11 is 0. The summed E-state index contributed by atoms with van der Waals surface area (Å²) in [5, 5.41) is 2.79. The molecule has 2 amide bonds. The topological polar surface area (TPSA) is 84.7 Å². The van der Waals surface area contributed by atoms with Crippen LogP contribution in [0.4, 0.5) is 5.69 Å². The van der Waals surface area contributed by atoms with Crippen molar-refractivity contribution < 1.29 is 18.7 Å². The quantitative estimate of drug-likeness (QED) is 0.563. The maximum Gasteiger partial charge on any atom is 0.244 e. The number of hydrogen-bond donors (Lipinski definition) is 1. The van der Waals surface area contributed by atoms with Crippen LogP contribution in [-0.4, -0.2) is 41.9 Å². The molecular formula is C24H27N3O4. The van der Waals surface area contributed by atoms with Crippen LogP contribution in [0.5, 0.6) is 5.75 Å². The van der Waals surface area contributed by atoms with E-state index in [1.807, 2.05) is 50.2 Å². The number of para-hydroxylation sites is 2. The summed E-state index contributed by atoms with van der Waals surface area (Å²) in [7, 11) is 1.54. The summed E-state index contributed by atoms with van der Waals surface area (Å²) in [6.07, 6.45) is 2.25. The van der Waals surface area contributed by atoms with Crippen molar-refractivity contribution in [1.29, 1.82) is 0 Å². The Kier molecular flexibility index (Phi) is 7.43. The third kappa shape index (κ3) is 5.94. The molecule has 162 valence electrons. The molecule has 0 aliphatic heterocycles. The standard InChI is InChI=1S/C24H27N3O4/c1-4-27(16-22(28)26-19-7-5-6-8-20(19)30-3)24(29)14-13-23-25-15-21(31-23)18-11-9-17(2)10-12-18/h5-12,15H,4,13-14,16H2,1-3H3,(H,26,28). The Morgan fingerprint density at radius 3 is 2.58 bits per heavy atom. The highest BCUT2D eigenvalue weighted by atomic mass is 16.5. The van der Waals surface area contributed by atoms with Gasteiger partial charge in [-0.15, -0.1) is 0 Å². The van der Waals surface area contributed by atoms with Crippen LogP contribution in [-0.2, 0) is 16.0 Å². The number of likely N-dealkylation sites (N-methyl/N-ethyl adjacent to an activating group) is 1. The SMILES string of the molecule is CCN(CC(=O)Nc1ccccc1OC)C(=O)CCc1ncc(-c2ccc(C)cc2)o1. The molecule has 31 heavy (non-hydrogen) atoms. The van der Waals surface area contributed by atoms with Crippen LogP contribution < -0.4 is 10.1 Å². The first-order valence-electron chi connectivity index (χ1n) is 10.2. The van der Waals surface area contributed by atoms with Crippen molar-refractivity contribution in [2.75, 3.05) is 25.5 Å². The molecule has 0 saturated carbocycles. The number of methoxy groups -OCH3 is 1. The van der Waals surface area contributed by atoms with Crippen molar-refractivity contribution in [2.24, 2.45) is 0 Å². The number of hydrogen-bond acceptors (Lipinski definition) is 5. The van der Waals surface area contributed by atoms with E-state index in [-0.39, 0.29) is 24.8 Å². The predicted molar refractivity (Wildman–Crippen MR) is 119 cm³/mol. The molecule has 0 saturated heterocycles. The van der Waals surface area contributed by atoms with Crippen molar-refractivity contribution in [1.82, 2.24) is 9.88 Å². The number of benzene rings is 2. The van der Waals surface area contributed by atoms with Gasteiger partial charge in [0.25, 0.3) is 0 Å². The minimum absolute atomic E-state index is 0.0341. The Labute approximate surface area is 182 Å². The number of anilines is 1. The second kappa shape index (κ2) is 10.4. The number of nitrogens with one attached hydrogen (secondary N) is 1. The van der Waals surface area contributed by atoms with E-state index in [1.165, 1.54) is 10.5 Å². The second-order valence-corrected chi connectivity index (χ2v) is 7.14. The molecule has 0 aliphatic rings. The summed E-state index contributed by atoms with van der Waals surface area (Å²) in [6, 6.07) is 15.1. The van der Waals surface area contributed by atoms with Gasteiger partial charge in [0.05, 0.1) is 25.5 Å². The van der Waals surface area contributed by atoms with Crippen molar-refractivity contribution in [3.63, 3.8) is 0 Å². The normalized spacial score (nSPS) is 10.5. The van der Waals surface area contributed by atoms with Crippen LogP contribution in [0, 0.1) is 6.92 Å². The van der Waals surface area contributed by atoms with E-state index in [0.29, 0.717) is 36.1 Å². The molecule has 0 fully saturated rings. The van der Waals surface area contributed by atoms with Gasteiger partial charge in [-0.05, 0) is 26.0 Å². The van der Waals surface area contributed by atoms with Crippen LogP contribution in [0.2, 0.25) is 0 Å². The second-order valence-electron chi connectivity index (χ2n) is 7.14. The Balaban J connectivity index is 1.54. The maximum absolute atomic E-state index is 12.6. The Hall–Kier alpha value is -3.61. The monoisotopic (exact) mass is 421 g/mol. The summed E-state index contributed by atoms with van der Waals surface area (Å²) in [5.74, 6) is 1.33. The fourth-order valence-electron chi connectivity index (χ4n) is 3.14. The minimum Gasteiger partial charge on any atom is -0.495 e. The first-order valence-corrected chi connectivity index (χ1v) is 10.2. The van der Waals surface area contributed by atoms with E-state index in [1.54, 1.807) is 25.4 Å². The zero-order valence-corrected chi connectivity index (χ0v) is 18.1. The number of aromatic nitrogens is 1. The number of carbonyl (C=O) groups excluding carboxylic acids is 2. The summed E-state index contributed by atoms with van der Waals surface area (Å²) in [4.78, 5) is 30.8. The van der Waals surface area contributed by atoms with Gasteiger partial charge in [-0.3, -0.25) is 9.59 Å². The molecule has 2 aromatic carbocycles. The highest BCUT2D eigenvalue weighted by molar-refractivity contribution is 5.95. The fraction of sp³-hybridized carbons (Fsp3) is 0.292. The number of amides is 2. The summed E-state index contributed by atoms with van der Waals surface area (Å²) in [6.45, 7) is 4.26. The van der Waals surface area contributed by atoms with Gasteiger partial charge >= 0.3 is 0 Å². The number of rotatable bonds is 9. The third-order valence-corrected chi connectivity index (χ3v) is 4.89. The van der Waals surface area contributed by atoms with Crippen LogP contribution in [0.15, 0.2) is 59.1 Å². The lowest BCUT2D eigenvalue weighted by Crippen LogP contribution is -2.38. The molecule has 3 rings (SSSR count). The molecule has 7 nitrogen and oxygen atoms in total. The maximum atomic E-state index is 12.6. The summed E-state index contributed by atoms with van der Waals surface area (Å²) < 4.78 is 11.0. The molecule has 0 radical (unpaired) electrons. The van der Waals surface area contributed by atoms with Gasteiger partial charge in [-0.1, -0.05) is 42.0 Å².